The third-order valence-electron chi connectivity index (χ3n) is 3.91. The lowest BCUT2D eigenvalue weighted by Crippen LogP contribution is -2.28. The summed E-state index contributed by atoms with van der Waals surface area (Å²) in [6, 6.07) is 15.6. The number of rotatable bonds is 2. The van der Waals surface area contributed by atoms with Crippen LogP contribution in [-0.2, 0) is 6.18 Å². The molecule has 0 spiro atoms. The number of hydrogen-bond donors (Lipinski definition) is 0. The number of halogens is 3. The van der Waals surface area contributed by atoms with E-state index in [2.05, 4.69) is 23.1 Å². The fraction of sp³-hybridized carbons (Fsp3) is 0.222. The molecular formula is C18H16F3N. The van der Waals surface area contributed by atoms with Crippen molar-refractivity contribution in [2.75, 3.05) is 18.0 Å². The first kappa shape index (κ1) is 14.7. The first-order valence-corrected chi connectivity index (χ1v) is 7.21. The van der Waals surface area contributed by atoms with E-state index in [0.29, 0.717) is 0 Å². The zero-order valence-corrected chi connectivity index (χ0v) is 12.0. The highest BCUT2D eigenvalue weighted by Gasteiger charge is 2.30. The van der Waals surface area contributed by atoms with E-state index in [9.17, 15) is 13.2 Å². The van der Waals surface area contributed by atoms with Crippen LogP contribution in [0.25, 0.3) is 5.57 Å². The van der Waals surface area contributed by atoms with Crippen molar-refractivity contribution in [1.29, 1.82) is 0 Å². The quantitative estimate of drug-likeness (QED) is 0.754. The molecule has 0 radical (unpaired) electrons. The van der Waals surface area contributed by atoms with Crippen molar-refractivity contribution in [3.8, 4) is 0 Å². The summed E-state index contributed by atoms with van der Waals surface area (Å²) in [7, 11) is 0. The zero-order chi connectivity index (χ0) is 15.6. The van der Waals surface area contributed by atoms with Crippen LogP contribution in [0.15, 0.2) is 60.7 Å². The van der Waals surface area contributed by atoms with Gasteiger partial charge in [-0.2, -0.15) is 13.2 Å². The second-order valence-corrected chi connectivity index (χ2v) is 5.34. The average molecular weight is 303 g/mol. The predicted molar refractivity (Wildman–Crippen MR) is 82.7 cm³/mol. The van der Waals surface area contributed by atoms with Crippen molar-refractivity contribution >= 4 is 11.3 Å². The van der Waals surface area contributed by atoms with Crippen molar-refractivity contribution in [2.24, 2.45) is 0 Å². The molecule has 0 atom stereocenters. The highest BCUT2D eigenvalue weighted by Crippen LogP contribution is 2.31. The fourth-order valence-corrected chi connectivity index (χ4v) is 2.68. The summed E-state index contributed by atoms with van der Waals surface area (Å²) in [5.41, 5.74) is 2.74. The molecule has 1 aliphatic heterocycles. The first-order chi connectivity index (χ1) is 10.5. The van der Waals surface area contributed by atoms with Crippen LogP contribution in [0.3, 0.4) is 0 Å². The van der Waals surface area contributed by atoms with Gasteiger partial charge in [0.2, 0.25) is 0 Å². The van der Waals surface area contributed by atoms with Crippen molar-refractivity contribution in [1.82, 2.24) is 0 Å². The summed E-state index contributed by atoms with van der Waals surface area (Å²) >= 11 is 0. The SMILES string of the molecule is FC(F)(F)c1ccc(N2CC=C(c3ccccc3)CC2)cc1. The molecule has 0 aromatic heterocycles. The summed E-state index contributed by atoms with van der Waals surface area (Å²) in [6.45, 7) is 1.53. The summed E-state index contributed by atoms with van der Waals surface area (Å²) in [6.07, 6.45) is -1.23. The Bertz CT molecular complexity index is 657. The van der Waals surface area contributed by atoms with Crippen LogP contribution in [0.4, 0.5) is 18.9 Å². The monoisotopic (exact) mass is 303 g/mol. The average Bonchev–Trinajstić information content (AvgIpc) is 2.55. The van der Waals surface area contributed by atoms with Crippen molar-refractivity contribution < 1.29 is 13.2 Å². The Morgan fingerprint density at radius 1 is 0.864 bits per heavy atom. The number of alkyl halides is 3. The van der Waals surface area contributed by atoms with Gasteiger partial charge in [0.05, 0.1) is 5.56 Å². The molecule has 0 N–H and O–H groups in total. The number of nitrogens with zero attached hydrogens (tertiary/aromatic N) is 1. The van der Waals surface area contributed by atoms with E-state index in [-0.39, 0.29) is 0 Å². The van der Waals surface area contributed by atoms with Gasteiger partial charge in [0, 0.05) is 18.8 Å². The van der Waals surface area contributed by atoms with E-state index in [1.54, 1.807) is 12.1 Å². The molecule has 0 saturated carbocycles. The maximum atomic E-state index is 12.6. The minimum Gasteiger partial charge on any atom is -0.367 e. The van der Waals surface area contributed by atoms with E-state index in [4.69, 9.17) is 0 Å². The smallest absolute Gasteiger partial charge is 0.367 e. The Kier molecular flexibility index (Phi) is 3.92. The Balaban J connectivity index is 1.72. The van der Waals surface area contributed by atoms with Gasteiger partial charge in [0.1, 0.15) is 0 Å². The number of benzene rings is 2. The Labute approximate surface area is 127 Å². The van der Waals surface area contributed by atoms with Gasteiger partial charge < -0.3 is 4.90 Å². The molecule has 1 heterocycles. The maximum absolute atomic E-state index is 12.6. The molecule has 0 saturated heterocycles. The predicted octanol–water partition coefficient (Wildman–Crippen LogP) is 5.00. The van der Waals surface area contributed by atoms with Gasteiger partial charge in [-0.1, -0.05) is 36.4 Å². The Morgan fingerprint density at radius 2 is 1.55 bits per heavy atom. The molecule has 0 unspecified atom stereocenters. The zero-order valence-electron chi connectivity index (χ0n) is 12.0. The second-order valence-electron chi connectivity index (χ2n) is 5.34. The van der Waals surface area contributed by atoms with Crippen LogP contribution in [0.5, 0.6) is 0 Å². The summed E-state index contributed by atoms with van der Waals surface area (Å²) in [5, 5.41) is 0. The minimum absolute atomic E-state index is 0.603. The number of hydrogen-bond acceptors (Lipinski definition) is 1. The van der Waals surface area contributed by atoms with Crippen LogP contribution in [0, 0.1) is 0 Å². The van der Waals surface area contributed by atoms with Crippen molar-refractivity contribution in [3.05, 3.63) is 71.8 Å². The van der Waals surface area contributed by atoms with Crippen molar-refractivity contribution in [3.63, 3.8) is 0 Å². The lowest BCUT2D eigenvalue weighted by molar-refractivity contribution is -0.137. The maximum Gasteiger partial charge on any atom is 0.416 e. The van der Waals surface area contributed by atoms with Gasteiger partial charge in [-0.25, -0.2) is 0 Å². The molecular weight excluding hydrogens is 287 g/mol. The molecule has 1 nitrogen and oxygen atoms in total. The van der Waals surface area contributed by atoms with Gasteiger partial charge in [0.15, 0.2) is 0 Å². The molecule has 22 heavy (non-hydrogen) atoms. The Hall–Kier alpha value is -2.23. The molecule has 2 aromatic carbocycles. The standard InChI is InChI=1S/C18H16F3N/c19-18(20,21)16-6-8-17(9-7-16)22-12-10-15(11-13-22)14-4-2-1-3-5-14/h1-10H,11-13H2. The first-order valence-electron chi connectivity index (χ1n) is 7.21. The van der Waals surface area contributed by atoms with E-state index in [1.807, 2.05) is 18.2 Å². The van der Waals surface area contributed by atoms with Crippen LogP contribution in [0.1, 0.15) is 17.5 Å². The van der Waals surface area contributed by atoms with Crippen LogP contribution < -0.4 is 4.90 Å². The highest BCUT2D eigenvalue weighted by molar-refractivity contribution is 5.68. The summed E-state index contributed by atoms with van der Waals surface area (Å²) in [5.74, 6) is 0. The summed E-state index contributed by atoms with van der Waals surface area (Å²) < 4.78 is 37.7. The van der Waals surface area contributed by atoms with Gasteiger partial charge >= 0.3 is 6.18 Å². The normalized spacial score (nSPS) is 15.6. The minimum atomic E-state index is -4.28. The van der Waals surface area contributed by atoms with Gasteiger partial charge in [-0.05, 0) is 41.8 Å². The molecule has 3 rings (SSSR count). The van der Waals surface area contributed by atoms with Crippen LogP contribution in [0.2, 0.25) is 0 Å². The lowest BCUT2D eigenvalue weighted by Gasteiger charge is -2.28. The molecule has 4 heteroatoms. The van der Waals surface area contributed by atoms with Gasteiger partial charge in [0.25, 0.3) is 0 Å². The molecule has 2 aromatic rings. The van der Waals surface area contributed by atoms with E-state index >= 15 is 0 Å². The Morgan fingerprint density at radius 3 is 2.09 bits per heavy atom. The van der Waals surface area contributed by atoms with Gasteiger partial charge in [-0.3, -0.25) is 0 Å². The second kappa shape index (κ2) is 5.87. The number of anilines is 1. The third-order valence-corrected chi connectivity index (χ3v) is 3.91. The van der Waals surface area contributed by atoms with Crippen molar-refractivity contribution in [2.45, 2.75) is 12.6 Å². The summed E-state index contributed by atoms with van der Waals surface area (Å²) in [4.78, 5) is 2.09. The molecule has 1 aliphatic rings. The molecule has 0 bridgehead atoms. The largest absolute Gasteiger partial charge is 0.416 e. The molecule has 0 amide bonds. The lowest BCUT2D eigenvalue weighted by atomic mass is 9.99. The van der Waals surface area contributed by atoms with Gasteiger partial charge in [-0.15, -0.1) is 0 Å². The van der Waals surface area contributed by atoms with E-state index in [0.717, 1.165) is 37.3 Å². The highest BCUT2D eigenvalue weighted by atomic mass is 19.4. The fourth-order valence-electron chi connectivity index (χ4n) is 2.68. The van der Waals surface area contributed by atoms with E-state index < -0.39 is 11.7 Å². The third kappa shape index (κ3) is 3.16. The molecule has 0 fully saturated rings. The van der Waals surface area contributed by atoms with E-state index in [1.165, 1.54) is 11.1 Å². The molecule has 0 aliphatic carbocycles. The topological polar surface area (TPSA) is 3.24 Å². The van der Waals surface area contributed by atoms with Crippen LogP contribution in [-0.4, -0.2) is 13.1 Å². The molecule has 114 valence electrons. The van der Waals surface area contributed by atoms with Crippen LogP contribution >= 0.6 is 0 Å².